The summed E-state index contributed by atoms with van der Waals surface area (Å²) in [5.41, 5.74) is 5.45. The molecule has 1 saturated carbocycles. The van der Waals surface area contributed by atoms with E-state index in [9.17, 15) is 4.79 Å². The zero-order valence-electron chi connectivity index (χ0n) is 12.5. The fourth-order valence-corrected chi connectivity index (χ4v) is 3.64. The minimum atomic E-state index is -0.0772. The van der Waals surface area contributed by atoms with Crippen molar-refractivity contribution in [2.75, 3.05) is 0 Å². The quantitative estimate of drug-likeness (QED) is 0.591. The average molecular weight is 326 g/mol. The molecule has 1 aliphatic rings. The van der Waals surface area contributed by atoms with E-state index in [0.29, 0.717) is 29.4 Å². The average Bonchev–Trinajstić information content (AvgIpc) is 2.94. The van der Waals surface area contributed by atoms with Crippen molar-refractivity contribution < 1.29 is 4.79 Å². The molecule has 3 atom stereocenters. The van der Waals surface area contributed by atoms with Gasteiger partial charge in [-0.3, -0.25) is 15.6 Å². The molecule has 0 aliphatic heterocycles. The minimum Gasteiger partial charge on any atom is -0.358 e. The molecule has 0 aromatic carbocycles. The lowest BCUT2D eigenvalue weighted by molar-refractivity contribution is -0.120. The van der Waals surface area contributed by atoms with Crippen LogP contribution in [0.5, 0.6) is 0 Å². The third-order valence-corrected chi connectivity index (χ3v) is 5.35. The maximum Gasteiger partial charge on any atom is 0.243 e. The molecular formula is C15H23N3OS2. The van der Waals surface area contributed by atoms with Gasteiger partial charge in [-0.25, -0.2) is 0 Å². The number of hydrogen-bond acceptors (Lipinski definition) is 3. The summed E-state index contributed by atoms with van der Waals surface area (Å²) in [6.45, 7) is 4.55. The van der Waals surface area contributed by atoms with Crippen LogP contribution in [0, 0.1) is 11.8 Å². The summed E-state index contributed by atoms with van der Waals surface area (Å²) in [6, 6.07) is 4.28. The number of amides is 1. The van der Waals surface area contributed by atoms with Gasteiger partial charge in [0.2, 0.25) is 5.91 Å². The second kappa shape index (κ2) is 7.75. The fraction of sp³-hybridized carbons (Fsp3) is 0.600. The molecule has 1 aliphatic carbocycles. The van der Waals surface area contributed by atoms with Gasteiger partial charge in [-0.05, 0) is 41.9 Å². The monoisotopic (exact) mass is 325 g/mol. The standard InChI is InChI=1S/C15H23N3OS2/c1-10-5-3-7-13(11(10)2)16-15(20)18-17-14(19)9-12-6-4-8-21-12/h4,6,8,10-11,13H,3,5,7,9H2,1-2H3,(H,17,19)(H2,16,18,20)/t10-,11+,13-/m0/s1. The molecule has 2 rings (SSSR count). The summed E-state index contributed by atoms with van der Waals surface area (Å²) < 4.78 is 0. The van der Waals surface area contributed by atoms with Gasteiger partial charge in [0.25, 0.3) is 0 Å². The zero-order valence-corrected chi connectivity index (χ0v) is 14.2. The Bertz CT molecular complexity index is 475. The highest BCUT2D eigenvalue weighted by atomic mass is 32.1. The predicted molar refractivity (Wildman–Crippen MR) is 91.0 cm³/mol. The lowest BCUT2D eigenvalue weighted by atomic mass is 9.78. The number of thiocarbonyl (C=S) groups is 1. The van der Waals surface area contributed by atoms with Gasteiger partial charge in [0, 0.05) is 10.9 Å². The molecule has 1 aromatic rings. The first-order valence-corrected chi connectivity index (χ1v) is 8.72. The summed E-state index contributed by atoms with van der Waals surface area (Å²) in [5.74, 6) is 1.24. The van der Waals surface area contributed by atoms with Crippen molar-refractivity contribution in [2.24, 2.45) is 11.8 Å². The van der Waals surface area contributed by atoms with Crippen LogP contribution in [0.25, 0.3) is 0 Å². The van der Waals surface area contributed by atoms with E-state index in [1.807, 2.05) is 17.5 Å². The van der Waals surface area contributed by atoms with Crippen LogP contribution in [0.15, 0.2) is 17.5 Å². The Labute approximate surface area is 135 Å². The zero-order chi connectivity index (χ0) is 15.2. The van der Waals surface area contributed by atoms with Crippen LogP contribution in [0.2, 0.25) is 0 Å². The van der Waals surface area contributed by atoms with Crippen LogP contribution in [0.3, 0.4) is 0 Å². The number of thiophene rings is 1. The highest BCUT2D eigenvalue weighted by Gasteiger charge is 2.27. The van der Waals surface area contributed by atoms with Gasteiger partial charge >= 0.3 is 0 Å². The number of carbonyl (C=O) groups is 1. The van der Waals surface area contributed by atoms with Crippen LogP contribution in [-0.4, -0.2) is 17.1 Å². The summed E-state index contributed by atoms with van der Waals surface area (Å²) in [6.07, 6.45) is 4.04. The predicted octanol–water partition coefficient (Wildman–Crippen LogP) is 2.61. The lowest BCUT2D eigenvalue weighted by Crippen LogP contribution is -2.52. The molecule has 1 fully saturated rings. The summed E-state index contributed by atoms with van der Waals surface area (Å²) >= 11 is 6.84. The van der Waals surface area contributed by atoms with E-state index >= 15 is 0 Å². The molecule has 0 unspecified atom stereocenters. The number of hydrazine groups is 1. The first kappa shape index (κ1) is 16.2. The van der Waals surface area contributed by atoms with Gasteiger partial charge in [-0.2, -0.15) is 0 Å². The third-order valence-electron chi connectivity index (χ3n) is 4.25. The molecule has 1 aromatic heterocycles. The van der Waals surface area contributed by atoms with Gasteiger partial charge in [0.15, 0.2) is 5.11 Å². The normalized spacial score (nSPS) is 25.1. The SMILES string of the molecule is C[C@H]1[C@@H](NC(=S)NNC(=O)Cc2cccs2)CCC[C@@H]1C. The van der Waals surface area contributed by atoms with Crippen LogP contribution < -0.4 is 16.2 Å². The van der Waals surface area contributed by atoms with Crippen LogP contribution in [-0.2, 0) is 11.2 Å². The Kier molecular flexibility index (Phi) is 5.99. The Hall–Kier alpha value is -1.14. The number of nitrogens with one attached hydrogen (secondary N) is 3. The molecular weight excluding hydrogens is 302 g/mol. The van der Waals surface area contributed by atoms with E-state index in [1.165, 1.54) is 12.8 Å². The van der Waals surface area contributed by atoms with Crippen molar-refractivity contribution in [1.29, 1.82) is 0 Å². The first-order valence-electron chi connectivity index (χ1n) is 7.44. The fourth-order valence-electron chi connectivity index (χ4n) is 2.73. The van der Waals surface area contributed by atoms with Gasteiger partial charge in [0.05, 0.1) is 6.42 Å². The largest absolute Gasteiger partial charge is 0.358 e. The van der Waals surface area contributed by atoms with E-state index in [-0.39, 0.29) is 5.91 Å². The van der Waals surface area contributed by atoms with Crippen molar-refractivity contribution in [1.82, 2.24) is 16.2 Å². The maximum atomic E-state index is 11.8. The summed E-state index contributed by atoms with van der Waals surface area (Å²) in [5, 5.41) is 5.79. The van der Waals surface area contributed by atoms with Gasteiger partial charge in [0.1, 0.15) is 0 Å². The van der Waals surface area contributed by atoms with E-state index in [0.717, 1.165) is 11.3 Å². The molecule has 4 nitrogen and oxygen atoms in total. The highest BCUT2D eigenvalue weighted by molar-refractivity contribution is 7.80. The van der Waals surface area contributed by atoms with Crippen molar-refractivity contribution in [2.45, 2.75) is 45.6 Å². The van der Waals surface area contributed by atoms with E-state index < -0.39 is 0 Å². The maximum absolute atomic E-state index is 11.8. The number of carbonyl (C=O) groups excluding carboxylic acids is 1. The van der Waals surface area contributed by atoms with Crippen molar-refractivity contribution in [3.8, 4) is 0 Å². The molecule has 1 heterocycles. The van der Waals surface area contributed by atoms with Crippen LogP contribution >= 0.6 is 23.6 Å². The summed E-state index contributed by atoms with van der Waals surface area (Å²) in [7, 11) is 0. The second-order valence-electron chi connectivity index (χ2n) is 5.78. The molecule has 0 saturated heterocycles. The van der Waals surface area contributed by atoms with E-state index in [4.69, 9.17) is 12.2 Å². The molecule has 6 heteroatoms. The van der Waals surface area contributed by atoms with Crippen molar-refractivity contribution in [3.05, 3.63) is 22.4 Å². The lowest BCUT2D eigenvalue weighted by Gasteiger charge is -2.35. The molecule has 3 N–H and O–H groups in total. The Balaban J connectivity index is 1.70. The Morgan fingerprint density at radius 1 is 1.38 bits per heavy atom. The molecule has 21 heavy (non-hydrogen) atoms. The van der Waals surface area contributed by atoms with Crippen molar-refractivity contribution in [3.63, 3.8) is 0 Å². The molecule has 0 radical (unpaired) electrons. The van der Waals surface area contributed by atoms with Gasteiger partial charge < -0.3 is 5.32 Å². The van der Waals surface area contributed by atoms with Gasteiger partial charge in [-0.15, -0.1) is 11.3 Å². The molecule has 1 amide bonds. The highest BCUT2D eigenvalue weighted by Crippen LogP contribution is 2.29. The van der Waals surface area contributed by atoms with Crippen LogP contribution in [0.1, 0.15) is 38.0 Å². The minimum absolute atomic E-state index is 0.0772. The van der Waals surface area contributed by atoms with E-state index in [2.05, 4.69) is 30.0 Å². The Morgan fingerprint density at radius 2 is 2.19 bits per heavy atom. The van der Waals surface area contributed by atoms with E-state index in [1.54, 1.807) is 11.3 Å². The molecule has 0 spiro atoms. The van der Waals surface area contributed by atoms with Gasteiger partial charge in [-0.1, -0.05) is 32.8 Å². The summed E-state index contributed by atoms with van der Waals surface area (Å²) in [4.78, 5) is 12.8. The number of hydrogen-bond donors (Lipinski definition) is 3. The second-order valence-corrected chi connectivity index (χ2v) is 7.22. The smallest absolute Gasteiger partial charge is 0.243 e. The molecule has 0 bridgehead atoms. The van der Waals surface area contributed by atoms with Crippen molar-refractivity contribution >= 4 is 34.6 Å². The van der Waals surface area contributed by atoms with Crippen LogP contribution in [0.4, 0.5) is 0 Å². The number of rotatable bonds is 3. The molecule has 116 valence electrons. The Morgan fingerprint density at radius 3 is 2.90 bits per heavy atom. The first-order chi connectivity index (χ1) is 10.1. The topological polar surface area (TPSA) is 53.2 Å². The third kappa shape index (κ3) is 4.97.